The monoisotopic (exact) mass is 279 g/mol. The zero-order chi connectivity index (χ0) is 11.5. The van der Waals surface area contributed by atoms with Crippen LogP contribution in [-0.4, -0.2) is 14.8 Å². The van der Waals surface area contributed by atoms with Crippen LogP contribution >= 0.6 is 15.9 Å². The summed E-state index contributed by atoms with van der Waals surface area (Å²) in [6.07, 6.45) is 0.830. The number of nitrogens with zero attached hydrogens (tertiary/aromatic N) is 3. The molecule has 0 amide bonds. The van der Waals surface area contributed by atoms with E-state index in [0.717, 1.165) is 23.4 Å². The highest BCUT2D eigenvalue weighted by Crippen LogP contribution is 2.10. The molecule has 1 aromatic heterocycles. The van der Waals surface area contributed by atoms with Crippen LogP contribution in [-0.2, 0) is 18.8 Å². The summed E-state index contributed by atoms with van der Waals surface area (Å²) in [5, 5.41) is 9.04. The second-order valence-corrected chi connectivity index (χ2v) is 4.45. The van der Waals surface area contributed by atoms with Crippen molar-refractivity contribution < 1.29 is 0 Å². The van der Waals surface area contributed by atoms with Crippen molar-refractivity contribution in [3.8, 4) is 0 Å². The fourth-order valence-corrected chi connectivity index (χ4v) is 2.05. The Morgan fingerprint density at radius 2 is 1.75 bits per heavy atom. The van der Waals surface area contributed by atoms with Gasteiger partial charge in [-0.25, -0.2) is 0 Å². The van der Waals surface area contributed by atoms with Gasteiger partial charge in [0.2, 0.25) is 0 Å². The Labute approximate surface area is 104 Å². The third kappa shape index (κ3) is 2.32. The molecule has 0 aliphatic carbocycles. The van der Waals surface area contributed by atoms with E-state index in [2.05, 4.69) is 57.3 Å². The topological polar surface area (TPSA) is 30.7 Å². The maximum Gasteiger partial charge on any atom is 0.143 e. The highest BCUT2D eigenvalue weighted by Gasteiger charge is 2.07. The van der Waals surface area contributed by atoms with Gasteiger partial charge in [-0.2, -0.15) is 0 Å². The summed E-state index contributed by atoms with van der Waals surface area (Å²) in [5.74, 6) is 1.96. The summed E-state index contributed by atoms with van der Waals surface area (Å²) in [7, 11) is 2.00. The molecular weight excluding hydrogens is 266 g/mol. The maximum absolute atomic E-state index is 4.19. The summed E-state index contributed by atoms with van der Waals surface area (Å²) in [4.78, 5) is 0. The van der Waals surface area contributed by atoms with Crippen LogP contribution in [0.5, 0.6) is 0 Å². The van der Waals surface area contributed by atoms with Gasteiger partial charge in [0.05, 0.1) is 5.33 Å². The molecule has 0 spiro atoms. The third-order valence-electron chi connectivity index (χ3n) is 2.66. The van der Waals surface area contributed by atoms with Gasteiger partial charge in [0.15, 0.2) is 0 Å². The van der Waals surface area contributed by atoms with Crippen LogP contribution in [0.3, 0.4) is 0 Å². The van der Waals surface area contributed by atoms with Crippen molar-refractivity contribution in [1.82, 2.24) is 14.8 Å². The second kappa shape index (κ2) is 4.78. The molecule has 2 rings (SSSR count). The molecular formula is C12H14BrN3. The zero-order valence-electron chi connectivity index (χ0n) is 9.44. The van der Waals surface area contributed by atoms with Crippen LogP contribution in [0.4, 0.5) is 0 Å². The lowest BCUT2D eigenvalue weighted by molar-refractivity contribution is 0.793. The third-order valence-corrected chi connectivity index (χ3v) is 3.16. The first-order valence-corrected chi connectivity index (χ1v) is 6.31. The molecule has 0 fully saturated rings. The fourth-order valence-electron chi connectivity index (χ4n) is 1.56. The Bertz CT molecular complexity index is 474. The summed E-state index contributed by atoms with van der Waals surface area (Å²) >= 11 is 3.39. The Hall–Kier alpha value is -1.16. The summed E-state index contributed by atoms with van der Waals surface area (Å²) in [5.41, 5.74) is 2.55. The highest BCUT2D eigenvalue weighted by molar-refractivity contribution is 9.08. The average molecular weight is 280 g/mol. The maximum atomic E-state index is 4.19. The van der Waals surface area contributed by atoms with Crippen molar-refractivity contribution >= 4 is 15.9 Å². The standard InChI is InChI=1S/C12H14BrN3/c1-9-3-5-10(6-4-9)7-11-14-15-12(8-13)16(11)2/h3-6H,7-8H2,1-2H3. The zero-order valence-corrected chi connectivity index (χ0v) is 11.0. The summed E-state index contributed by atoms with van der Waals surface area (Å²) in [6.45, 7) is 2.09. The molecule has 0 bridgehead atoms. The van der Waals surface area contributed by atoms with E-state index in [1.807, 2.05) is 11.6 Å². The minimum absolute atomic E-state index is 0.740. The van der Waals surface area contributed by atoms with E-state index < -0.39 is 0 Å². The first-order chi connectivity index (χ1) is 7.70. The van der Waals surface area contributed by atoms with Crippen molar-refractivity contribution in [3.63, 3.8) is 0 Å². The number of halogens is 1. The van der Waals surface area contributed by atoms with Gasteiger partial charge in [0, 0.05) is 13.5 Å². The number of aromatic nitrogens is 3. The molecule has 84 valence electrons. The molecule has 16 heavy (non-hydrogen) atoms. The van der Waals surface area contributed by atoms with E-state index in [0.29, 0.717) is 0 Å². The van der Waals surface area contributed by atoms with Crippen LogP contribution in [0.15, 0.2) is 24.3 Å². The lowest BCUT2D eigenvalue weighted by Gasteiger charge is -2.03. The quantitative estimate of drug-likeness (QED) is 0.809. The van der Waals surface area contributed by atoms with Crippen LogP contribution in [0.1, 0.15) is 22.8 Å². The molecule has 4 heteroatoms. The molecule has 0 unspecified atom stereocenters. The van der Waals surface area contributed by atoms with E-state index in [1.54, 1.807) is 0 Å². The number of alkyl halides is 1. The van der Waals surface area contributed by atoms with Crippen LogP contribution in [0.25, 0.3) is 0 Å². The van der Waals surface area contributed by atoms with Crippen LogP contribution < -0.4 is 0 Å². The smallest absolute Gasteiger partial charge is 0.143 e. The van der Waals surface area contributed by atoms with Gasteiger partial charge in [-0.15, -0.1) is 10.2 Å². The highest BCUT2D eigenvalue weighted by atomic mass is 79.9. The Morgan fingerprint density at radius 1 is 1.12 bits per heavy atom. The minimum Gasteiger partial charge on any atom is -0.317 e. The molecule has 0 atom stereocenters. The molecule has 2 aromatic rings. The van der Waals surface area contributed by atoms with E-state index in [1.165, 1.54) is 11.1 Å². The number of benzene rings is 1. The second-order valence-electron chi connectivity index (χ2n) is 3.89. The van der Waals surface area contributed by atoms with Crippen molar-refractivity contribution in [2.75, 3.05) is 0 Å². The van der Waals surface area contributed by atoms with Crippen LogP contribution in [0, 0.1) is 6.92 Å². The number of rotatable bonds is 3. The van der Waals surface area contributed by atoms with Gasteiger partial charge in [-0.05, 0) is 12.5 Å². The van der Waals surface area contributed by atoms with Gasteiger partial charge in [-0.3, -0.25) is 0 Å². The van der Waals surface area contributed by atoms with E-state index in [9.17, 15) is 0 Å². The Balaban J connectivity index is 2.20. The Kier molecular flexibility index (Phi) is 3.39. The van der Waals surface area contributed by atoms with E-state index >= 15 is 0 Å². The largest absolute Gasteiger partial charge is 0.317 e. The number of aryl methyl sites for hydroxylation is 1. The Morgan fingerprint density at radius 3 is 2.31 bits per heavy atom. The number of hydrogen-bond donors (Lipinski definition) is 0. The first kappa shape index (κ1) is 11.3. The molecule has 0 aliphatic rings. The van der Waals surface area contributed by atoms with Crippen molar-refractivity contribution in [2.45, 2.75) is 18.7 Å². The van der Waals surface area contributed by atoms with Gasteiger partial charge in [-0.1, -0.05) is 45.8 Å². The lowest BCUT2D eigenvalue weighted by Crippen LogP contribution is -2.01. The molecule has 0 radical (unpaired) electrons. The average Bonchev–Trinajstić information content (AvgIpc) is 2.63. The lowest BCUT2D eigenvalue weighted by atomic mass is 10.1. The molecule has 0 aliphatic heterocycles. The first-order valence-electron chi connectivity index (χ1n) is 5.19. The molecule has 1 aromatic carbocycles. The van der Waals surface area contributed by atoms with Crippen molar-refractivity contribution in [3.05, 3.63) is 47.0 Å². The van der Waals surface area contributed by atoms with Gasteiger partial charge < -0.3 is 4.57 Å². The van der Waals surface area contributed by atoms with Gasteiger partial charge in [0.25, 0.3) is 0 Å². The predicted molar refractivity (Wildman–Crippen MR) is 67.6 cm³/mol. The SMILES string of the molecule is Cc1ccc(Cc2nnc(CBr)n2C)cc1. The molecule has 3 nitrogen and oxygen atoms in total. The summed E-state index contributed by atoms with van der Waals surface area (Å²) < 4.78 is 2.04. The number of hydrogen-bond acceptors (Lipinski definition) is 2. The predicted octanol–water partition coefficient (Wildman–Crippen LogP) is 2.61. The molecule has 0 saturated heterocycles. The molecule has 1 heterocycles. The normalized spacial score (nSPS) is 10.7. The van der Waals surface area contributed by atoms with Crippen molar-refractivity contribution in [1.29, 1.82) is 0 Å². The molecule has 0 N–H and O–H groups in total. The fraction of sp³-hybridized carbons (Fsp3) is 0.333. The van der Waals surface area contributed by atoms with E-state index in [4.69, 9.17) is 0 Å². The van der Waals surface area contributed by atoms with Gasteiger partial charge in [0.1, 0.15) is 11.6 Å². The minimum atomic E-state index is 0.740. The van der Waals surface area contributed by atoms with Gasteiger partial charge >= 0.3 is 0 Å². The van der Waals surface area contributed by atoms with Crippen LogP contribution in [0.2, 0.25) is 0 Å². The summed E-state index contributed by atoms with van der Waals surface area (Å²) in [6, 6.07) is 8.52. The van der Waals surface area contributed by atoms with E-state index in [-0.39, 0.29) is 0 Å². The molecule has 0 saturated carbocycles. The van der Waals surface area contributed by atoms with Crippen molar-refractivity contribution in [2.24, 2.45) is 7.05 Å².